The van der Waals surface area contributed by atoms with Crippen LogP contribution in [0.4, 0.5) is 0 Å². The molecule has 3 heteroatoms. The van der Waals surface area contributed by atoms with Gasteiger partial charge < -0.3 is 10.6 Å². The van der Waals surface area contributed by atoms with Gasteiger partial charge in [0.25, 0.3) is 0 Å². The van der Waals surface area contributed by atoms with Gasteiger partial charge in [-0.1, -0.05) is 6.58 Å². The van der Waals surface area contributed by atoms with Crippen molar-refractivity contribution < 1.29 is 4.79 Å². The van der Waals surface area contributed by atoms with Crippen LogP contribution in [0.2, 0.25) is 0 Å². The normalized spacial score (nSPS) is 21.5. The van der Waals surface area contributed by atoms with Crippen LogP contribution < -0.4 is 5.73 Å². The van der Waals surface area contributed by atoms with Crippen LogP contribution in [0.15, 0.2) is 12.3 Å². The summed E-state index contributed by atoms with van der Waals surface area (Å²) < 4.78 is 0. The number of likely N-dealkylation sites (tertiary alicyclic amines) is 1. The predicted molar refractivity (Wildman–Crippen MR) is 48.4 cm³/mol. The summed E-state index contributed by atoms with van der Waals surface area (Å²) in [4.78, 5) is 12.7. The Kier molecular flexibility index (Phi) is 2.13. The van der Waals surface area contributed by atoms with Gasteiger partial charge in [0.05, 0.1) is 6.54 Å². The average Bonchev–Trinajstić information content (AvgIpc) is 2.15. The second-order valence-electron chi connectivity index (χ2n) is 3.93. The maximum Gasteiger partial charge on any atom is 0.236 e. The van der Waals surface area contributed by atoms with Crippen molar-refractivity contribution >= 4 is 5.91 Å². The van der Waals surface area contributed by atoms with Gasteiger partial charge >= 0.3 is 0 Å². The van der Waals surface area contributed by atoms with Crippen LogP contribution in [0, 0.1) is 0 Å². The summed E-state index contributed by atoms with van der Waals surface area (Å²) in [5.41, 5.74) is 6.21. The Morgan fingerprint density at radius 3 is 2.67 bits per heavy atom. The largest absolute Gasteiger partial charge is 0.368 e. The van der Waals surface area contributed by atoms with Crippen LogP contribution in [0.25, 0.3) is 0 Å². The topological polar surface area (TPSA) is 46.3 Å². The molecule has 12 heavy (non-hydrogen) atoms. The van der Waals surface area contributed by atoms with E-state index in [1.165, 1.54) is 0 Å². The molecule has 0 bridgehead atoms. The van der Waals surface area contributed by atoms with E-state index in [0.29, 0.717) is 6.54 Å². The van der Waals surface area contributed by atoms with Crippen molar-refractivity contribution in [2.75, 3.05) is 6.54 Å². The summed E-state index contributed by atoms with van der Waals surface area (Å²) in [5, 5.41) is 0. The monoisotopic (exact) mass is 168 g/mol. The molecule has 2 N–H and O–H groups in total. The van der Waals surface area contributed by atoms with Crippen molar-refractivity contribution in [3.63, 3.8) is 0 Å². The SMILES string of the molecule is C=C1CCC(C)(C)N1CC(N)=O. The van der Waals surface area contributed by atoms with Gasteiger partial charge in [0.1, 0.15) is 0 Å². The molecule has 1 fully saturated rings. The molecule has 0 spiro atoms. The fourth-order valence-electron chi connectivity index (χ4n) is 1.63. The number of amides is 1. The molecule has 0 atom stereocenters. The summed E-state index contributed by atoms with van der Waals surface area (Å²) in [6.45, 7) is 8.41. The first-order chi connectivity index (χ1) is 5.43. The van der Waals surface area contributed by atoms with Crippen molar-refractivity contribution in [2.24, 2.45) is 5.73 Å². The lowest BCUT2D eigenvalue weighted by Gasteiger charge is -2.32. The molecular weight excluding hydrogens is 152 g/mol. The number of carbonyl (C=O) groups is 1. The first-order valence-electron chi connectivity index (χ1n) is 4.17. The molecule has 0 aromatic heterocycles. The van der Waals surface area contributed by atoms with Crippen LogP contribution >= 0.6 is 0 Å². The number of hydrogen-bond donors (Lipinski definition) is 1. The van der Waals surface area contributed by atoms with Gasteiger partial charge in [-0.25, -0.2) is 0 Å². The second-order valence-corrected chi connectivity index (χ2v) is 3.93. The zero-order valence-electron chi connectivity index (χ0n) is 7.76. The average molecular weight is 168 g/mol. The van der Waals surface area contributed by atoms with E-state index in [1.807, 2.05) is 4.90 Å². The first-order valence-corrected chi connectivity index (χ1v) is 4.17. The Balaban J connectivity index is 2.71. The zero-order chi connectivity index (χ0) is 9.35. The standard InChI is InChI=1S/C9H16N2O/c1-7-4-5-9(2,3)11(7)6-8(10)12/h1,4-6H2,2-3H3,(H2,10,12). The van der Waals surface area contributed by atoms with E-state index in [-0.39, 0.29) is 11.4 Å². The lowest BCUT2D eigenvalue weighted by atomic mass is 10.0. The fourth-order valence-corrected chi connectivity index (χ4v) is 1.63. The summed E-state index contributed by atoms with van der Waals surface area (Å²) in [6, 6.07) is 0. The van der Waals surface area contributed by atoms with Crippen LogP contribution in [0.5, 0.6) is 0 Å². The lowest BCUT2D eigenvalue weighted by Crippen LogP contribution is -2.42. The van der Waals surface area contributed by atoms with E-state index in [1.54, 1.807) is 0 Å². The molecule has 1 heterocycles. The van der Waals surface area contributed by atoms with Gasteiger partial charge in [-0.2, -0.15) is 0 Å². The van der Waals surface area contributed by atoms with Crippen molar-refractivity contribution in [3.8, 4) is 0 Å². The second kappa shape index (κ2) is 2.81. The lowest BCUT2D eigenvalue weighted by molar-refractivity contribution is -0.119. The number of allylic oxidation sites excluding steroid dienone is 1. The van der Waals surface area contributed by atoms with E-state index in [9.17, 15) is 4.79 Å². The Labute approximate surface area is 73.2 Å². The van der Waals surface area contributed by atoms with Crippen LogP contribution in [0.1, 0.15) is 26.7 Å². The van der Waals surface area contributed by atoms with Crippen LogP contribution in [-0.4, -0.2) is 22.9 Å². The minimum Gasteiger partial charge on any atom is -0.368 e. The maximum absolute atomic E-state index is 10.7. The van der Waals surface area contributed by atoms with Gasteiger partial charge in [-0.3, -0.25) is 4.79 Å². The van der Waals surface area contributed by atoms with Crippen molar-refractivity contribution in [1.82, 2.24) is 4.90 Å². The molecule has 0 radical (unpaired) electrons. The number of hydrogen-bond acceptors (Lipinski definition) is 2. The van der Waals surface area contributed by atoms with Gasteiger partial charge in [0, 0.05) is 11.2 Å². The number of primary amides is 1. The van der Waals surface area contributed by atoms with E-state index in [2.05, 4.69) is 20.4 Å². The number of nitrogens with zero attached hydrogens (tertiary/aromatic N) is 1. The van der Waals surface area contributed by atoms with Gasteiger partial charge in [0.2, 0.25) is 5.91 Å². The molecule has 0 unspecified atom stereocenters. The van der Waals surface area contributed by atoms with E-state index in [4.69, 9.17) is 5.73 Å². The Bertz CT molecular complexity index is 221. The highest BCUT2D eigenvalue weighted by Gasteiger charge is 2.34. The van der Waals surface area contributed by atoms with Crippen molar-refractivity contribution in [1.29, 1.82) is 0 Å². The third-order valence-corrected chi connectivity index (χ3v) is 2.45. The number of nitrogens with two attached hydrogens (primary N) is 1. The highest BCUT2D eigenvalue weighted by molar-refractivity contribution is 5.76. The minimum absolute atomic E-state index is 0.0477. The van der Waals surface area contributed by atoms with Gasteiger partial charge in [0.15, 0.2) is 0 Å². The number of rotatable bonds is 2. The van der Waals surface area contributed by atoms with Crippen LogP contribution in [-0.2, 0) is 4.79 Å². The molecule has 0 aromatic rings. The van der Waals surface area contributed by atoms with E-state index in [0.717, 1.165) is 18.5 Å². The molecule has 0 saturated carbocycles. The maximum atomic E-state index is 10.7. The molecule has 3 nitrogen and oxygen atoms in total. The van der Waals surface area contributed by atoms with E-state index < -0.39 is 0 Å². The molecule has 68 valence electrons. The molecule has 0 aliphatic carbocycles. The molecule has 1 rings (SSSR count). The summed E-state index contributed by atoms with van der Waals surface area (Å²) in [6.07, 6.45) is 2.03. The Hall–Kier alpha value is -0.990. The van der Waals surface area contributed by atoms with Crippen LogP contribution in [0.3, 0.4) is 0 Å². The van der Waals surface area contributed by atoms with Crippen molar-refractivity contribution in [2.45, 2.75) is 32.2 Å². The molecule has 0 aromatic carbocycles. The van der Waals surface area contributed by atoms with Gasteiger partial charge in [-0.05, 0) is 26.7 Å². The minimum atomic E-state index is -0.286. The fraction of sp³-hybridized carbons (Fsp3) is 0.667. The molecule has 1 amide bonds. The smallest absolute Gasteiger partial charge is 0.236 e. The first kappa shape index (κ1) is 9.10. The Morgan fingerprint density at radius 1 is 1.75 bits per heavy atom. The zero-order valence-corrected chi connectivity index (χ0v) is 7.76. The molecule has 1 aliphatic heterocycles. The Morgan fingerprint density at radius 2 is 2.33 bits per heavy atom. The summed E-state index contributed by atoms with van der Waals surface area (Å²) >= 11 is 0. The molecule has 1 aliphatic rings. The van der Waals surface area contributed by atoms with Crippen molar-refractivity contribution in [3.05, 3.63) is 12.3 Å². The third kappa shape index (κ3) is 1.60. The molecule has 1 saturated heterocycles. The summed E-state index contributed by atoms with van der Waals surface area (Å²) in [5.74, 6) is -0.286. The highest BCUT2D eigenvalue weighted by Crippen LogP contribution is 2.34. The quantitative estimate of drug-likeness (QED) is 0.664. The number of carbonyl (C=O) groups excluding carboxylic acids is 1. The summed E-state index contributed by atoms with van der Waals surface area (Å²) in [7, 11) is 0. The third-order valence-electron chi connectivity index (χ3n) is 2.45. The van der Waals surface area contributed by atoms with Gasteiger partial charge in [-0.15, -0.1) is 0 Å². The predicted octanol–water partition coefficient (Wildman–Crippen LogP) is 0.860. The highest BCUT2D eigenvalue weighted by atomic mass is 16.1. The molecular formula is C9H16N2O. The van der Waals surface area contributed by atoms with E-state index >= 15 is 0 Å².